The Kier molecular flexibility index (Phi) is 3.76. The summed E-state index contributed by atoms with van der Waals surface area (Å²) in [4.78, 5) is 23.0. The van der Waals surface area contributed by atoms with Gasteiger partial charge < -0.3 is 30.3 Å². The van der Waals surface area contributed by atoms with E-state index in [1.54, 1.807) is 0 Å². The van der Waals surface area contributed by atoms with E-state index >= 15 is 0 Å². The molecule has 2 aromatic carbocycles. The van der Waals surface area contributed by atoms with E-state index in [4.69, 9.17) is 9.84 Å². The molecule has 0 saturated carbocycles. The Balaban J connectivity index is 2.40. The van der Waals surface area contributed by atoms with Crippen LogP contribution in [0.3, 0.4) is 0 Å². The van der Waals surface area contributed by atoms with E-state index in [1.807, 2.05) is 0 Å². The number of aromatic hydroxyl groups is 4. The van der Waals surface area contributed by atoms with Crippen molar-refractivity contribution in [3.63, 3.8) is 0 Å². The van der Waals surface area contributed by atoms with Gasteiger partial charge in [-0.3, -0.25) is 0 Å². The van der Waals surface area contributed by atoms with Crippen molar-refractivity contribution in [3.8, 4) is 28.7 Å². The van der Waals surface area contributed by atoms with E-state index in [9.17, 15) is 30.0 Å². The van der Waals surface area contributed by atoms with Crippen molar-refractivity contribution in [1.82, 2.24) is 0 Å². The minimum atomic E-state index is -1.42. The van der Waals surface area contributed by atoms with Crippen LogP contribution in [0.15, 0.2) is 30.3 Å². The first kappa shape index (κ1) is 15.0. The molecule has 0 heterocycles. The predicted octanol–water partition coefficient (Wildman–Crippen LogP) is 1.43. The van der Waals surface area contributed by atoms with Crippen LogP contribution in [0.4, 0.5) is 0 Å². The van der Waals surface area contributed by atoms with Crippen LogP contribution in [0, 0.1) is 0 Å². The van der Waals surface area contributed by atoms with Crippen LogP contribution in [-0.4, -0.2) is 37.5 Å². The molecule has 0 aliphatic heterocycles. The Hall–Kier alpha value is -3.42. The van der Waals surface area contributed by atoms with Gasteiger partial charge in [0.2, 0.25) is 0 Å². The molecule has 0 unspecified atom stereocenters. The molecular formula is C14H10O8. The van der Waals surface area contributed by atoms with Crippen LogP contribution >= 0.6 is 0 Å². The molecule has 0 bridgehead atoms. The maximum absolute atomic E-state index is 11.9. The first-order valence-electron chi connectivity index (χ1n) is 5.83. The number of phenolic OH excluding ortho intramolecular Hbond substituents is 4. The van der Waals surface area contributed by atoms with Crippen LogP contribution in [-0.2, 0) is 0 Å². The van der Waals surface area contributed by atoms with Gasteiger partial charge in [0, 0.05) is 0 Å². The average molecular weight is 306 g/mol. The number of phenols is 4. The fraction of sp³-hybridized carbons (Fsp3) is 0. The number of carboxylic acid groups (broad SMARTS) is 1. The predicted molar refractivity (Wildman–Crippen MR) is 71.5 cm³/mol. The molecule has 0 radical (unpaired) electrons. The van der Waals surface area contributed by atoms with Crippen molar-refractivity contribution in [1.29, 1.82) is 0 Å². The number of carboxylic acids is 1. The number of ether oxygens (including phenoxy) is 1. The molecule has 22 heavy (non-hydrogen) atoms. The fourth-order valence-electron chi connectivity index (χ4n) is 1.67. The topological polar surface area (TPSA) is 145 Å². The SMILES string of the molecule is O=C(Oc1c(O)cccc1C(=O)O)c1cc(O)c(O)c(O)c1. The lowest BCUT2D eigenvalue weighted by molar-refractivity contribution is 0.0678. The minimum absolute atomic E-state index is 0.354. The molecule has 0 amide bonds. The summed E-state index contributed by atoms with van der Waals surface area (Å²) in [5.41, 5.74) is -0.798. The molecule has 0 fully saturated rings. The smallest absolute Gasteiger partial charge is 0.343 e. The average Bonchev–Trinajstić information content (AvgIpc) is 2.45. The summed E-state index contributed by atoms with van der Waals surface area (Å²) >= 11 is 0. The number of hydrogen-bond acceptors (Lipinski definition) is 7. The number of hydrogen-bond donors (Lipinski definition) is 5. The Labute approximate surface area is 123 Å². The van der Waals surface area contributed by atoms with Crippen LogP contribution in [0.5, 0.6) is 28.7 Å². The van der Waals surface area contributed by atoms with Gasteiger partial charge >= 0.3 is 11.9 Å². The van der Waals surface area contributed by atoms with Crippen molar-refractivity contribution in [3.05, 3.63) is 41.5 Å². The molecule has 8 heteroatoms. The summed E-state index contributed by atoms with van der Waals surface area (Å²) in [5, 5.41) is 46.5. The van der Waals surface area contributed by atoms with Gasteiger partial charge in [-0.2, -0.15) is 0 Å². The molecule has 2 rings (SSSR count). The van der Waals surface area contributed by atoms with E-state index in [0.717, 1.165) is 24.3 Å². The number of aromatic carboxylic acids is 1. The van der Waals surface area contributed by atoms with Crippen LogP contribution in [0.2, 0.25) is 0 Å². The normalized spacial score (nSPS) is 10.2. The second-order valence-electron chi connectivity index (χ2n) is 4.21. The molecule has 0 spiro atoms. The van der Waals surface area contributed by atoms with Gasteiger partial charge in [0.25, 0.3) is 0 Å². The fourth-order valence-corrected chi connectivity index (χ4v) is 1.67. The molecular weight excluding hydrogens is 296 g/mol. The molecule has 0 saturated heterocycles. The summed E-state index contributed by atoms with van der Waals surface area (Å²) in [5.74, 6) is -6.05. The van der Waals surface area contributed by atoms with E-state index < -0.39 is 46.2 Å². The largest absolute Gasteiger partial charge is 0.504 e. The van der Waals surface area contributed by atoms with E-state index in [0.29, 0.717) is 0 Å². The first-order chi connectivity index (χ1) is 10.3. The zero-order valence-electron chi connectivity index (χ0n) is 10.8. The van der Waals surface area contributed by atoms with Crippen molar-refractivity contribution in [2.24, 2.45) is 0 Å². The maximum atomic E-state index is 11.9. The molecule has 0 atom stereocenters. The van der Waals surface area contributed by atoms with Gasteiger partial charge in [-0.05, 0) is 24.3 Å². The van der Waals surface area contributed by atoms with Gasteiger partial charge in [0.15, 0.2) is 28.7 Å². The number of esters is 1. The summed E-state index contributed by atoms with van der Waals surface area (Å²) < 4.78 is 4.80. The molecule has 0 aliphatic rings. The molecule has 114 valence electrons. The summed E-state index contributed by atoms with van der Waals surface area (Å²) in [6.45, 7) is 0. The highest BCUT2D eigenvalue weighted by atomic mass is 16.5. The lowest BCUT2D eigenvalue weighted by atomic mass is 10.1. The van der Waals surface area contributed by atoms with Gasteiger partial charge in [0.05, 0.1) is 5.56 Å². The third-order valence-corrected chi connectivity index (χ3v) is 2.72. The van der Waals surface area contributed by atoms with Gasteiger partial charge in [-0.25, -0.2) is 9.59 Å². The van der Waals surface area contributed by atoms with Gasteiger partial charge in [-0.15, -0.1) is 0 Å². The Bertz CT molecular complexity index is 742. The molecule has 8 nitrogen and oxygen atoms in total. The van der Waals surface area contributed by atoms with Crippen LogP contribution in [0.25, 0.3) is 0 Å². The summed E-state index contributed by atoms with van der Waals surface area (Å²) in [6, 6.07) is 5.14. The number of carbonyl (C=O) groups excluding carboxylic acids is 1. The van der Waals surface area contributed by atoms with Crippen LogP contribution < -0.4 is 4.74 Å². The second kappa shape index (κ2) is 5.52. The number of para-hydroxylation sites is 1. The van der Waals surface area contributed by atoms with Crippen molar-refractivity contribution >= 4 is 11.9 Å². The zero-order valence-corrected chi connectivity index (χ0v) is 10.8. The quantitative estimate of drug-likeness (QED) is 0.325. The molecule has 0 aromatic heterocycles. The lowest BCUT2D eigenvalue weighted by Crippen LogP contribution is -2.11. The minimum Gasteiger partial charge on any atom is -0.504 e. The standard InChI is InChI=1S/C14H10O8/c15-8-3-1-2-7(13(19)20)12(8)22-14(21)6-4-9(16)11(18)10(17)5-6/h1-5,15-18H,(H,19,20). The third kappa shape index (κ3) is 2.70. The van der Waals surface area contributed by atoms with Crippen LogP contribution in [0.1, 0.15) is 20.7 Å². The van der Waals surface area contributed by atoms with Crippen molar-refractivity contribution in [2.75, 3.05) is 0 Å². The highest BCUT2D eigenvalue weighted by Gasteiger charge is 2.21. The highest BCUT2D eigenvalue weighted by Crippen LogP contribution is 2.36. The molecule has 2 aromatic rings. The van der Waals surface area contributed by atoms with E-state index in [1.165, 1.54) is 6.07 Å². The lowest BCUT2D eigenvalue weighted by Gasteiger charge is -2.10. The molecule has 0 aliphatic carbocycles. The summed E-state index contributed by atoms with van der Waals surface area (Å²) in [7, 11) is 0. The number of benzene rings is 2. The highest BCUT2D eigenvalue weighted by molar-refractivity contribution is 5.97. The summed E-state index contributed by atoms with van der Waals surface area (Å²) in [6.07, 6.45) is 0. The third-order valence-electron chi connectivity index (χ3n) is 2.72. The maximum Gasteiger partial charge on any atom is 0.343 e. The Morgan fingerprint density at radius 2 is 1.50 bits per heavy atom. The number of carbonyl (C=O) groups is 2. The van der Waals surface area contributed by atoms with Gasteiger partial charge in [-0.1, -0.05) is 6.07 Å². The van der Waals surface area contributed by atoms with Crippen molar-refractivity contribution in [2.45, 2.75) is 0 Å². The molecule has 5 N–H and O–H groups in total. The van der Waals surface area contributed by atoms with Crippen molar-refractivity contribution < 1.29 is 39.9 Å². The van der Waals surface area contributed by atoms with E-state index in [-0.39, 0.29) is 5.56 Å². The number of rotatable bonds is 3. The van der Waals surface area contributed by atoms with E-state index in [2.05, 4.69) is 0 Å². The van der Waals surface area contributed by atoms with Gasteiger partial charge in [0.1, 0.15) is 5.56 Å². The second-order valence-corrected chi connectivity index (χ2v) is 4.21. The zero-order chi connectivity index (χ0) is 16.4. The first-order valence-corrected chi connectivity index (χ1v) is 5.83. The monoisotopic (exact) mass is 306 g/mol. The Morgan fingerprint density at radius 3 is 2.05 bits per heavy atom. The Morgan fingerprint density at radius 1 is 0.909 bits per heavy atom.